The molecule has 0 amide bonds. The van der Waals surface area contributed by atoms with Gasteiger partial charge in [0.05, 0.1) is 17.8 Å². The average molecular weight is 487 g/mol. The third-order valence-electron chi connectivity index (χ3n) is 7.73. The van der Waals surface area contributed by atoms with Crippen LogP contribution in [0, 0.1) is 0 Å². The van der Waals surface area contributed by atoms with E-state index in [2.05, 4.69) is 59.2 Å². The van der Waals surface area contributed by atoms with Gasteiger partial charge in [0.25, 0.3) is 0 Å². The van der Waals surface area contributed by atoms with Crippen molar-refractivity contribution >= 4 is 22.3 Å². The van der Waals surface area contributed by atoms with Crippen molar-refractivity contribution in [2.45, 2.75) is 71.3 Å². The first-order valence-electron chi connectivity index (χ1n) is 13.2. The number of imidazole rings is 1. The summed E-state index contributed by atoms with van der Waals surface area (Å²) in [4.78, 5) is 22.4. The van der Waals surface area contributed by atoms with Crippen LogP contribution in [0.4, 0.5) is 0 Å². The monoisotopic (exact) mass is 486 g/mol. The standard InChI is InChI=1S/C30H38N4O2/c1-6-23(35)18-33-12-9-20(10-13-33)21-7-8-26-24(15-21)27(19(2)3)28(32-26)22-16-25(30(4,5)36)29-31-11-14-34(29)17-22/h7-8,11,14-17,19-20,32,36H,6,9-10,12-13,18H2,1-5H3. The van der Waals surface area contributed by atoms with Gasteiger partial charge < -0.3 is 14.5 Å². The lowest BCUT2D eigenvalue weighted by Gasteiger charge is -2.31. The van der Waals surface area contributed by atoms with Gasteiger partial charge in [0.15, 0.2) is 0 Å². The maximum Gasteiger partial charge on any atom is 0.146 e. The van der Waals surface area contributed by atoms with Crippen LogP contribution in [0.3, 0.4) is 0 Å². The Kier molecular flexibility index (Phi) is 6.52. The number of pyridine rings is 1. The number of aliphatic hydroxyl groups is 1. The fraction of sp³-hybridized carbons (Fsp3) is 0.467. The van der Waals surface area contributed by atoms with E-state index in [-0.39, 0.29) is 0 Å². The normalized spacial score (nSPS) is 16.0. The smallest absolute Gasteiger partial charge is 0.146 e. The minimum atomic E-state index is -1.00. The van der Waals surface area contributed by atoms with Crippen molar-refractivity contribution in [1.29, 1.82) is 0 Å². The molecule has 0 bridgehead atoms. The number of H-pyrrole nitrogens is 1. The number of carbonyl (C=O) groups is 1. The number of aromatic nitrogens is 3. The fourth-order valence-corrected chi connectivity index (χ4v) is 5.72. The Hall–Kier alpha value is -2.96. The van der Waals surface area contributed by atoms with Crippen LogP contribution in [-0.4, -0.2) is 49.8 Å². The van der Waals surface area contributed by atoms with Crippen molar-refractivity contribution in [3.05, 3.63) is 59.5 Å². The van der Waals surface area contributed by atoms with Gasteiger partial charge in [0.2, 0.25) is 0 Å². The summed E-state index contributed by atoms with van der Waals surface area (Å²) in [6, 6.07) is 8.95. The lowest BCUT2D eigenvalue weighted by Crippen LogP contribution is -2.36. The highest BCUT2D eigenvalue weighted by Crippen LogP contribution is 2.39. The molecule has 5 rings (SSSR count). The van der Waals surface area contributed by atoms with Crippen LogP contribution in [0.2, 0.25) is 0 Å². The third kappa shape index (κ3) is 4.60. The van der Waals surface area contributed by atoms with Crippen molar-refractivity contribution in [2.24, 2.45) is 0 Å². The first-order chi connectivity index (χ1) is 17.2. The Bertz CT molecular complexity index is 1400. The van der Waals surface area contributed by atoms with Gasteiger partial charge in [0, 0.05) is 47.0 Å². The molecule has 190 valence electrons. The van der Waals surface area contributed by atoms with Gasteiger partial charge in [0.1, 0.15) is 11.4 Å². The van der Waals surface area contributed by atoms with Crippen LogP contribution in [0.25, 0.3) is 27.8 Å². The van der Waals surface area contributed by atoms with E-state index < -0.39 is 5.60 Å². The predicted molar refractivity (Wildman–Crippen MR) is 146 cm³/mol. The van der Waals surface area contributed by atoms with Gasteiger partial charge in [-0.15, -0.1) is 0 Å². The van der Waals surface area contributed by atoms with Crippen LogP contribution in [-0.2, 0) is 10.4 Å². The van der Waals surface area contributed by atoms with Crippen molar-refractivity contribution in [2.75, 3.05) is 19.6 Å². The Balaban J connectivity index is 1.52. The van der Waals surface area contributed by atoms with E-state index in [0.717, 1.165) is 53.9 Å². The minimum absolute atomic E-state index is 0.329. The Labute approximate surface area is 213 Å². The van der Waals surface area contributed by atoms with E-state index in [1.54, 1.807) is 6.20 Å². The number of nitrogens with one attached hydrogen (secondary N) is 1. The topological polar surface area (TPSA) is 73.6 Å². The molecule has 0 atom stereocenters. The quantitative estimate of drug-likeness (QED) is 0.336. The number of benzene rings is 1. The summed E-state index contributed by atoms with van der Waals surface area (Å²) in [6.07, 6.45) is 8.60. The van der Waals surface area contributed by atoms with E-state index in [1.165, 1.54) is 16.5 Å². The summed E-state index contributed by atoms with van der Waals surface area (Å²) in [5.41, 5.74) is 6.57. The molecular weight excluding hydrogens is 448 g/mol. The second-order valence-electron chi connectivity index (χ2n) is 11.2. The molecular formula is C30H38N4O2. The van der Waals surface area contributed by atoms with E-state index in [9.17, 15) is 9.90 Å². The molecule has 6 heteroatoms. The number of piperidine rings is 1. The van der Waals surface area contributed by atoms with Crippen molar-refractivity contribution in [3.8, 4) is 11.3 Å². The van der Waals surface area contributed by atoms with Crippen LogP contribution in [0.15, 0.2) is 42.9 Å². The van der Waals surface area contributed by atoms with E-state index >= 15 is 0 Å². The van der Waals surface area contributed by atoms with E-state index in [4.69, 9.17) is 0 Å². The van der Waals surface area contributed by atoms with Gasteiger partial charge in [-0.05, 0) is 80.9 Å². The molecule has 1 aliphatic rings. The average Bonchev–Trinajstić information content (AvgIpc) is 3.47. The highest BCUT2D eigenvalue weighted by Gasteiger charge is 2.26. The van der Waals surface area contributed by atoms with E-state index in [0.29, 0.717) is 30.6 Å². The summed E-state index contributed by atoms with van der Waals surface area (Å²) in [7, 11) is 0. The molecule has 0 spiro atoms. The summed E-state index contributed by atoms with van der Waals surface area (Å²) >= 11 is 0. The zero-order valence-electron chi connectivity index (χ0n) is 22.1. The fourth-order valence-electron chi connectivity index (χ4n) is 5.72. The van der Waals surface area contributed by atoms with Gasteiger partial charge in [-0.2, -0.15) is 0 Å². The molecule has 1 aromatic carbocycles. The second-order valence-corrected chi connectivity index (χ2v) is 11.2. The highest BCUT2D eigenvalue weighted by atomic mass is 16.3. The summed E-state index contributed by atoms with van der Waals surface area (Å²) in [5, 5.41) is 12.1. The zero-order valence-corrected chi connectivity index (χ0v) is 22.1. The first-order valence-corrected chi connectivity index (χ1v) is 13.2. The summed E-state index contributed by atoms with van der Waals surface area (Å²) < 4.78 is 2.00. The molecule has 0 aliphatic carbocycles. The number of likely N-dealkylation sites (tertiary alicyclic amines) is 1. The molecule has 4 aromatic rings. The third-order valence-corrected chi connectivity index (χ3v) is 7.73. The number of Topliss-reactive ketones (excluding diaryl/α,β-unsaturated/α-hetero) is 1. The maximum absolute atomic E-state index is 11.9. The van der Waals surface area contributed by atoms with Crippen LogP contribution in [0.1, 0.15) is 82.4 Å². The van der Waals surface area contributed by atoms with Gasteiger partial charge in [-0.3, -0.25) is 9.69 Å². The molecule has 1 fully saturated rings. The number of aromatic amines is 1. The van der Waals surface area contributed by atoms with Gasteiger partial charge in [-0.25, -0.2) is 4.98 Å². The van der Waals surface area contributed by atoms with Crippen LogP contribution >= 0.6 is 0 Å². The minimum Gasteiger partial charge on any atom is -0.386 e. The number of rotatable bonds is 7. The lowest BCUT2D eigenvalue weighted by molar-refractivity contribution is -0.120. The summed E-state index contributed by atoms with van der Waals surface area (Å²) in [5.74, 6) is 1.18. The largest absolute Gasteiger partial charge is 0.386 e. The molecule has 36 heavy (non-hydrogen) atoms. The number of hydrogen-bond acceptors (Lipinski definition) is 4. The molecule has 0 saturated carbocycles. The zero-order chi connectivity index (χ0) is 25.6. The van der Waals surface area contributed by atoms with Crippen LogP contribution < -0.4 is 0 Å². The summed E-state index contributed by atoms with van der Waals surface area (Å²) in [6.45, 7) is 12.6. The van der Waals surface area contributed by atoms with Crippen molar-refractivity contribution in [1.82, 2.24) is 19.3 Å². The van der Waals surface area contributed by atoms with Crippen molar-refractivity contribution < 1.29 is 9.90 Å². The molecule has 4 heterocycles. The number of nitrogens with zero attached hydrogens (tertiary/aromatic N) is 3. The van der Waals surface area contributed by atoms with Crippen LogP contribution in [0.5, 0.6) is 0 Å². The van der Waals surface area contributed by atoms with E-state index in [1.807, 2.05) is 31.4 Å². The first kappa shape index (κ1) is 24.7. The second kappa shape index (κ2) is 9.49. The van der Waals surface area contributed by atoms with Crippen molar-refractivity contribution in [3.63, 3.8) is 0 Å². The molecule has 0 radical (unpaired) electrons. The molecule has 0 unspecified atom stereocenters. The number of carbonyl (C=O) groups excluding carboxylic acids is 1. The molecule has 1 aliphatic heterocycles. The number of fused-ring (bicyclic) bond motifs is 2. The molecule has 1 saturated heterocycles. The van der Waals surface area contributed by atoms with Gasteiger partial charge >= 0.3 is 0 Å². The van der Waals surface area contributed by atoms with Gasteiger partial charge in [-0.1, -0.05) is 26.8 Å². The molecule has 2 N–H and O–H groups in total. The molecule has 3 aromatic heterocycles. The molecule has 6 nitrogen and oxygen atoms in total. The predicted octanol–water partition coefficient (Wildman–Crippen LogP) is 5.99. The Morgan fingerprint density at radius 1 is 1.22 bits per heavy atom. The lowest BCUT2D eigenvalue weighted by atomic mass is 9.87. The Morgan fingerprint density at radius 2 is 1.97 bits per heavy atom. The highest BCUT2D eigenvalue weighted by molar-refractivity contribution is 5.92. The Morgan fingerprint density at radius 3 is 2.64 bits per heavy atom. The SMILES string of the molecule is CCC(=O)CN1CCC(c2ccc3[nH]c(-c4cc(C(C)(C)O)c5nccn5c4)c(C(C)C)c3c2)CC1. The number of ketones is 1. The number of hydrogen-bond donors (Lipinski definition) is 2. The maximum atomic E-state index is 11.9.